The van der Waals surface area contributed by atoms with Crippen molar-refractivity contribution in [3.8, 4) is 18.1 Å². The van der Waals surface area contributed by atoms with Crippen LogP contribution in [0.4, 0.5) is 5.82 Å². The Balaban J connectivity index is 1.45. The molecule has 11 nitrogen and oxygen atoms in total. The second-order valence-electron chi connectivity index (χ2n) is 8.26. The first-order valence-electron chi connectivity index (χ1n) is 11.2. The predicted molar refractivity (Wildman–Crippen MR) is 135 cm³/mol. The molecule has 1 aliphatic rings. The average molecular weight is 533 g/mol. The van der Waals surface area contributed by atoms with E-state index in [1.165, 1.54) is 0 Å². The number of aromatic nitrogens is 4. The molecule has 0 radical (unpaired) electrons. The molecule has 1 saturated heterocycles. The van der Waals surface area contributed by atoms with Gasteiger partial charge >= 0.3 is 14.5 Å². The number of para-hydroxylation sites is 1. The maximum Gasteiger partial charge on any atom is 0.320 e. The van der Waals surface area contributed by atoms with Crippen LogP contribution in [0.25, 0.3) is 11.2 Å². The summed E-state index contributed by atoms with van der Waals surface area (Å²) in [5.74, 6) is 3.05. The van der Waals surface area contributed by atoms with E-state index in [1.54, 1.807) is 36.9 Å². The summed E-state index contributed by atoms with van der Waals surface area (Å²) in [7, 11) is -1.74. The van der Waals surface area contributed by atoms with Crippen molar-refractivity contribution in [1.29, 1.82) is 0 Å². The summed E-state index contributed by atoms with van der Waals surface area (Å²) in [5.41, 5.74) is 5.75. The first kappa shape index (κ1) is 26.1. The number of nitrogen functional groups attached to an aromatic ring is 1. The molecule has 13 heteroatoms. The molecule has 0 bridgehead atoms. The Morgan fingerprint density at radius 1 is 1.42 bits per heavy atom. The third-order valence-corrected chi connectivity index (χ3v) is 6.54. The van der Waals surface area contributed by atoms with E-state index in [1.807, 2.05) is 18.2 Å². The normalized spacial score (nSPS) is 20.4. The number of carbonyl (C=O) groups is 1. The number of hydrogen-bond acceptors (Lipinski definition) is 10. The zero-order chi connectivity index (χ0) is 25.7. The summed E-state index contributed by atoms with van der Waals surface area (Å²) >= 11 is 5.99. The van der Waals surface area contributed by atoms with Crippen LogP contribution >= 0.6 is 20.1 Å². The Kier molecular flexibility index (Phi) is 8.24. The molecule has 0 saturated carbocycles. The minimum absolute atomic E-state index is 0.0112. The van der Waals surface area contributed by atoms with E-state index in [9.17, 15) is 4.79 Å². The molecule has 1 fully saturated rings. The lowest BCUT2D eigenvalue weighted by atomic mass is 10.0. The van der Waals surface area contributed by atoms with Gasteiger partial charge in [0.2, 0.25) is 5.28 Å². The molecule has 4 rings (SSSR count). The van der Waals surface area contributed by atoms with E-state index in [2.05, 4.69) is 26.0 Å². The summed E-state index contributed by atoms with van der Waals surface area (Å²) in [6, 6.07) is 9.11. The summed E-state index contributed by atoms with van der Waals surface area (Å²) in [5, 5.41) is 2.99. The number of fused-ring (bicyclic) bond motifs is 1. The van der Waals surface area contributed by atoms with E-state index in [-0.39, 0.29) is 30.4 Å². The molecule has 3 heterocycles. The first-order valence-corrected chi connectivity index (χ1v) is 12.7. The lowest BCUT2D eigenvalue weighted by Gasteiger charge is -2.26. The lowest BCUT2D eigenvalue weighted by Crippen LogP contribution is -2.34. The SMILES string of the molecule is C#CC1(CO[P@@](NCC(=O)OC(C)C)Oc2ccccc2)CCC(n2cnc3c(N)nc(Cl)nc32)O1. The van der Waals surface area contributed by atoms with Gasteiger partial charge in [-0.2, -0.15) is 9.97 Å². The number of benzene rings is 1. The fraction of sp³-hybridized carbons (Fsp3) is 0.391. The van der Waals surface area contributed by atoms with E-state index >= 15 is 0 Å². The number of nitrogens with two attached hydrogens (primary N) is 1. The number of rotatable bonds is 10. The summed E-state index contributed by atoms with van der Waals surface area (Å²) < 4.78 is 25.1. The minimum atomic E-state index is -1.74. The van der Waals surface area contributed by atoms with E-state index < -0.39 is 26.3 Å². The number of hydrogen-bond donors (Lipinski definition) is 2. The maximum atomic E-state index is 12.0. The average Bonchev–Trinajstić information content (AvgIpc) is 3.46. The third-order valence-electron chi connectivity index (χ3n) is 5.22. The van der Waals surface area contributed by atoms with Gasteiger partial charge in [-0.25, -0.2) is 10.1 Å². The van der Waals surface area contributed by atoms with Crippen molar-refractivity contribution in [2.45, 2.75) is 44.6 Å². The highest BCUT2D eigenvalue weighted by Gasteiger charge is 2.41. The Bertz CT molecular complexity index is 1250. The van der Waals surface area contributed by atoms with Crippen molar-refractivity contribution in [3.05, 3.63) is 41.9 Å². The lowest BCUT2D eigenvalue weighted by molar-refractivity contribution is -0.145. The van der Waals surface area contributed by atoms with Gasteiger partial charge in [0.1, 0.15) is 24.0 Å². The minimum Gasteiger partial charge on any atom is -0.462 e. The second-order valence-corrected chi connectivity index (χ2v) is 9.87. The standard InChI is InChI=1S/C23H26ClN6O5P/c1-4-23(11-10-17(34-23)30-14-26-19-20(25)28-22(24)29-21(19)30)13-32-36(27-12-18(31)33-15(2)3)35-16-8-6-5-7-9-16/h1,5-9,14-15,17,27H,10-13H2,2-3H3,(H2,25,28,29)/t17?,23?,36-/m1/s1. The summed E-state index contributed by atoms with van der Waals surface area (Å²) in [6.45, 7) is 3.49. The predicted octanol–water partition coefficient (Wildman–Crippen LogP) is 3.61. The Morgan fingerprint density at radius 2 is 2.19 bits per heavy atom. The van der Waals surface area contributed by atoms with Crippen LogP contribution in [0, 0.1) is 12.3 Å². The molecule has 3 atom stereocenters. The molecule has 3 aromatic rings. The maximum absolute atomic E-state index is 12.0. The van der Waals surface area contributed by atoms with Gasteiger partial charge in [0.25, 0.3) is 0 Å². The van der Waals surface area contributed by atoms with Crippen molar-refractivity contribution in [2.75, 3.05) is 18.9 Å². The van der Waals surface area contributed by atoms with Crippen molar-refractivity contribution < 1.29 is 23.3 Å². The number of ether oxygens (including phenoxy) is 2. The molecule has 0 aliphatic carbocycles. The van der Waals surface area contributed by atoms with Crippen LogP contribution in [0.5, 0.6) is 5.75 Å². The number of imidazole rings is 1. The topological polar surface area (TPSA) is 136 Å². The first-order chi connectivity index (χ1) is 17.3. The molecule has 1 aliphatic heterocycles. The van der Waals surface area contributed by atoms with Crippen molar-refractivity contribution in [2.24, 2.45) is 0 Å². The smallest absolute Gasteiger partial charge is 0.320 e. The van der Waals surface area contributed by atoms with Crippen LogP contribution in [-0.4, -0.2) is 50.3 Å². The highest BCUT2D eigenvalue weighted by Crippen LogP contribution is 2.42. The van der Waals surface area contributed by atoms with E-state index in [0.29, 0.717) is 29.8 Å². The third kappa shape index (κ3) is 6.22. The van der Waals surface area contributed by atoms with Gasteiger partial charge in [0.05, 0.1) is 19.0 Å². The molecule has 1 aromatic carbocycles. The van der Waals surface area contributed by atoms with E-state index in [4.69, 9.17) is 42.3 Å². The number of anilines is 1. The summed E-state index contributed by atoms with van der Waals surface area (Å²) in [6.07, 6.45) is 7.84. The monoisotopic (exact) mass is 532 g/mol. The quantitative estimate of drug-likeness (QED) is 0.172. The molecular weight excluding hydrogens is 507 g/mol. The highest BCUT2D eigenvalue weighted by atomic mass is 35.5. The Labute approximate surface area is 214 Å². The number of carbonyl (C=O) groups excluding carboxylic acids is 1. The van der Waals surface area contributed by atoms with Gasteiger partial charge < -0.3 is 24.3 Å². The van der Waals surface area contributed by atoms with Crippen LogP contribution in [0.3, 0.4) is 0 Å². The molecule has 190 valence electrons. The van der Waals surface area contributed by atoms with Crippen LogP contribution in [-0.2, 0) is 18.8 Å². The van der Waals surface area contributed by atoms with Crippen LogP contribution < -0.4 is 15.3 Å². The Morgan fingerprint density at radius 3 is 2.92 bits per heavy atom. The van der Waals surface area contributed by atoms with Gasteiger partial charge in [-0.15, -0.1) is 6.42 Å². The number of halogens is 1. The molecular formula is C23H26ClN6O5P. The largest absolute Gasteiger partial charge is 0.462 e. The fourth-order valence-corrected chi connectivity index (χ4v) is 4.86. The van der Waals surface area contributed by atoms with Gasteiger partial charge in [0.15, 0.2) is 17.1 Å². The van der Waals surface area contributed by atoms with E-state index in [0.717, 1.165) is 0 Å². The van der Waals surface area contributed by atoms with Crippen LogP contribution in [0.15, 0.2) is 36.7 Å². The molecule has 3 N–H and O–H groups in total. The van der Waals surface area contributed by atoms with Gasteiger partial charge in [-0.3, -0.25) is 9.36 Å². The molecule has 2 aromatic heterocycles. The number of esters is 1. The molecule has 36 heavy (non-hydrogen) atoms. The van der Waals surface area contributed by atoms with Gasteiger partial charge in [-0.1, -0.05) is 24.1 Å². The van der Waals surface area contributed by atoms with Crippen LogP contribution in [0.1, 0.15) is 32.9 Å². The van der Waals surface area contributed by atoms with Crippen molar-refractivity contribution >= 4 is 43.1 Å². The molecule has 2 unspecified atom stereocenters. The van der Waals surface area contributed by atoms with Gasteiger partial charge in [-0.05, 0) is 50.4 Å². The highest BCUT2D eigenvalue weighted by molar-refractivity contribution is 7.45. The second kappa shape index (κ2) is 11.4. The van der Waals surface area contributed by atoms with Crippen LogP contribution in [0.2, 0.25) is 5.28 Å². The number of nitrogens with one attached hydrogen (secondary N) is 1. The van der Waals surface area contributed by atoms with Crippen molar-refractivity contribution in [1.82, 2.24) is 24.6 Å². The summed E-state index contributed by atoms with van der Waals surface area (Å²) in [4.78, 5) is 24.5. The number of terminal acetylenes is 1. The van der Waals surface area contributed by atoms with Gasteiger partial charge in [0, 0.05) is 0 Å². The fourth-order valence-electron chi connectivity index (χ4n) is 3.58. The zero-order valence-corrected chi connectivity index (χ0v) is 21.4. The Hall–Kier alpha value is -3.00. The molecule has 0 spiro atoms. The molecule has 0 amide bonds. The number of nitrogens with zero attached hydrogens (tertiary/aromatic N) is 4. The van der Waals surface area contributed by atoms with Crippen molar-refractivity contribution in [3.63, 3.8) is 0 Å². The zero-order valence-electron chi connectivity index (χ0n) is 19.8.